The summed E-state index contributed by atoms with van der Waals surface area (Å²) in [5.74, 6) is -1.83. The molecule has 4 N–H and O–H groups in total. The van der Waals surface area contributed by atoms with Crippen LogP contribution in [0.2, 0.25) is 0 Å². The second kappa shape index (κ2) is 6.14. The molecule has 9 heteroatoms. The van der Waals surface area contributed by atoms with Crippen LogP contribution in [-0.4, -0.2) is 37.6 Å². The average Bonchev–Trinajstić information content (AvgIpc) is 2.37. The lowest BCUT2D eigenvalue weighted by Crippen LogP contribution is -2.43. The Bertz CT molecular complexity index is 645. The minimum absolute atomic E-state index is 0.168. The molecule has 1 aromatic rings. The number of benzene rings is 1. The van der Waals surface area contributed by atoms with Gasteiger partial charge in [0.15, 0.2) is 0 Å². The largest absolute Gasteiger partial charge is 0.369 e. The van der Waals surface area contributed by atoms with Crippen molar-refractivity contribution in [2.45, 2.75) is 4.90 Å². The van der Waals surface area contributed by atoms with Crippen LogP contribution in [0.5, 0.6) is 0 Å². The molecule has 0 unspecified atom stereocenters. The molecule has 0 bridgehead atoms. The first-order chi connectivity index (χ1) is 9.27. The second-order valence-electron chi connectivity index (χ2n) is 3.84. The zero-order valence-electron chi connectivity index (χ0n) is 10.3. The van der Waals surface area contributed by atoms with Crippen LogP contribution in [0.4, 0.5) is 0 Å². The third-order valence-electron chi connectivity index (χ3n) is 2.29. The fourth-order valence-corrected chi connectivity index (χ4v) is 2.80. The molecule has 1 aromatic carbocycles. The molecule has 0 radical (unpaired) electrons. The highest BCUT2D eigenvalue weighted by atomic mass is 32.2. The van der Waals surface area contributed by atoms with Crippen molar-refractivity contribution in [2.24, 2.45) is 11.5 Å². The lowest BCUT2D eigenvalue weighted by molar-refractivity contribution is -0.120. The van der Waals surface area contributed by atoms with Gasteiger partial charge in [0.1, 0.15) is 0 Å². The molecule has 0 saturated heterocycles. The number of amides is 2. The number of carbonyl (C=O) groups excluding carboxylic acids is 2. The van der Waals surface area contributed by atoms with Gasteiger partial charge < -0.3 is 11.5 Å². The van der Waals surface area contributed by atoms with E-state index in [0.29, 0.717) is 4.31 Å². The number of nitrogens with two attached hydrogens (primary N) is 2. The van der Waals surface area contributed by atoms with Gasteiger partial charge in [-0.3, -0.25) is 9.59 Å². The Kier molecular flexibility index (Phi) is 4.79. The minimum Gasteiger partial charge on any atom is -0.369 e. The topological polar surface area (TPSA) is 147 Å². The minimum atomic E-state index is -4.09. The van der Waals surface area contributed by atoms with Crippen LogP contribution >= 0.6 is 0 Å². The van der Waals surface area contributed by atoms with Crippen LogP contribution in [0.15, 0.2) is 29.2 Å². The molecular formula is C11H12N4O4S. The summed E-state index contributed by atoms with van der Waals surface area (Å²) in [6, 6.07) is 6.85. The zero-order chi connectivity index (χ0) is 15.3. The molecule has 0 aromatic heterocycles. The number of primary amides is 2. The summed E-state index contributed by atoms with van der Waals surface area (Å²) in [6.07, 6.45) is 0. The highest BCUT2D eigenvalue weighted by Gasteiger charge is 2.27. The number of nitrogens with zero attached hydrogens (tertiary/aromatic N) is 2. The van der Waals surface area contributed by atoms with E-state index in [1.54, 1.807) is 0 Å². The first-order valence-corrected chi connectivity index (χ1v) is 6.78. The lowest BCUT2D eigenvalue weighted by atomic mass is 10.2. The number of carbonyl (C=O) groups is 2. The fraction of sp³-hybridized carbons (Fsp3) is 0.182. The predicted octanol–water partition coefficient (Wildman–Crippen LogP) is -1.48. The molecule has 0 aliphatic heterocycles. The maximum absolute atomic E-state index is 12.2. The first kappa shape index (κ1) is 15.6. The van der Waals surface area contributed by atoms with Crippen LogP contribution in [0.3, 0.4) is 0 Å². The van der Waals surface area contributed by atoms with E-state index in [9.17, 15) is 18.0 Å². The summed E-state index contributed by atoms with van der Waals surface area (Å²) in [6.45, 7) is -1.32. The number of nitriles is 1. The van der Waals surface area contributed by atoms with Gasteiger partial charge in [-0.2, -0.15) is 9.57 Å². The Labute approximate surface area is 115 Å². The van der Waals surface area contributed by atoms with Gasteiger partial charge in [0.25, 0.3) is 0 Å². The molecular weight excluding hydrogens is 284 g/mol. The smallest absolute Gasteiger partial charge is 0.244 e. The molecule has 0 atom stereocenters. The SMILES string of the molecule is N#Cc1ccc(S(=O)(=O)N(CC(N)=O)CC(N)=O)cc1. The third kappa shape index (κ3) is 3.78. The Hall–Kier alpha value is -2.44. The van der Waals surface area contributed by atoms with Crippen LogP contribution in [0.25, 0.3) is 0 Å². The van der Waals surface area contributed by atoms with Gasteiger partial charge >= 0.3 is 0 Å². The highest BCUT2D eigenvalue weighted by molar-refractivity contribution is 7.89. The van der Waals surface area contributed by atoms with E-state index in [4.69, 9.17) is 16.7 Å². The maximum atomic E-state index is 12.2. The monoisotopic (exact) mass is 296 g/mol. The van der Waals surface area contributed by atoms with E-state index in [1.165, 1.54) is 24.3 Å². The molecule has 0 aliphatic rings. The predicted molar refractivity (Wildman–Crippen MR) is 68.3 cm³/mol. The van der Waals surface area contributed by atoms with Crippen molar-refractivity contribution < 1.29 is 18.0 Å². The number of hydrogen-bond donors (Lipinski definition) is 2. The van der Waals surface area contributed by atoms with Crippen molar-refractivity contribution in [1.29, 1.82) is 5.26 Å². The highest BCUT2D eigenvalue weighted by Crippen LogP contribution is 2.15. The number of rotatable bonds is 6. The molecule has 1 rings (SSSR count). The zero-order valence-corrected chi connectivity index (χ0v) is 11.1. The van der Waals surface area contributed by atoms with E-state index in [1.807, 2.05) is 6.07 Å². The second-order valence-corrected chi connectivity index (χ2v) is 5.78. The van der Waals surface area contributed by atoms with Crippen LogP contribution < -0.4 is 11.5 Å². The molecule has 0 aliphatic carbocycles. The molecule has 0 heterocycles. The van der Waals surface area contributed by atoms with Gasteiger partial charge in [0.05, 0.1) is 29.6 Å². The van der Waals surface area contributed by atoms with Crippen molar-refractivity contribution in [2.75, 3.05) is 13.1 Å². The first-order valence-electron chi connectivity index (χ1n) is 5.34. The normalized spacial score (nSPS) is 11.0. The molecule has 20 heavy (non-hydrogen) atoms. The third-order valence-corrected chi connectivity index (χ3v) is 4.09. The quantitative estimate of drug-likeness (QED) is 0.656. The summed E-state index contributed by atoms with van der Waals surface area (Å²) in [5, 5.41) is 8.65. The Balaban J connectivity index is 3.17. The van der Waals surface area contributed by atoms with E-state index in [0.717, 1.165) is 0 Å². The van der Waals surface area contributed by atoms with Crippen molar-refractivity contribution in [3.63, 3.8) is 0 Å². The summed E-state index contributed by atoms with van der Waals surface area (Å²) >= 11 is 0. The Morgan fingerprint density at radius 2 is 1.55 bits per heavy atom. The van der Waals surface area contributed by atoms with E-state index in [2.05, 4.69) is 0 Å². The maximum Gasteiger partial charge on any atom is 0.244 e. The average molecular weight is 296 g/mol. The molecule has 0 saturated carbocycles. The van der Waals surface area contributed by atoms with Gasteiger partial charge in [-0.15, -0.1) is 0 Å². The Morgan fingerprint density at radius 1 is 1.10 bits per heavy atom. The van der Waals surface area contributed by atoms with Crippen LogP contribution in [0.1, 0.15) is 5.56 Å². The molecule has 0 fully saturated rings. The summed E-state index contributed by atoms with van der Waals surface area (Å²) < 4.78 is 25.0. The number of sulfonamides is 1. The summed E-state index contributed by atoms with van der Waals surface area (Å²) in [5.41, 5.74) is 10.2. The van der Waals surface area contributed by atoms with Gasteiger partial charge in [-0.25, -0.2) is 8.42 Å². The molecule has 2 amide bonds. The summed E-state index contributed by atoms with van der Waals surface area (Å²) in [7, 11) is -4.09. The molecule has 0 spiro atoms. The van der Waals surface area contributed by atoms with Crippen molar-refractivity contribution in [3.05, 3.63) is 29.8 Å². The van der Waals surface area contributed by atoms with Gasteiger partial charge in [-0.1, -0.05) is 0 Å². The van der Waals surface area contributed by atoms with Gasteiger partial charge in [0.2, 0.25) is 21.8 Å². The van der Waals surface area contributed by atoms with E-state index >= 15 is 0 Å². The van der Waals surface area contributed by atoms with Gasteiger partial charge in [-0.05, 0) is 24.3 Å². The Morgan fingerprint density at radius 3 is 1.90 bits per heavy atom. The van der Waals surface area contributed by atoms with Crippen molar-refractivity contribution in [3.8, 4) is 6.07 Å². The number of hydrogen-bond acceptors (Lipinski definition) is 5. The standard InChI is InChI=1S/C11H12N4O4S/c12-5-8-1-3-9(4-2-8)20(18,19)15(6-10(13)16)7-11(14)17/h1-4H,6-7H2,(H2,13,16)(H2,14,17). The van der Waals surface area contributed by atoms with Crippen LogP contribution in [-0.2, 0) is 19.6 Å². The van der Waals surface area contributed by atoms with Gasteiger partial charge in [0, 0.05) is 0 Å². The summed E-state index contributed by atoms with van der Waals surface area (Å²) in [4.78, 5) is 21.6. The molecule has 106 valence electrons. The van der Waals surface area contributed by atoms with Crippen LogP contribution in [0, 0.1) is 11.3 Å². The van der Waals surface area contributed by atoms with Crippen molar-refractivity contribution in [1.82, 2.24) is 4.31 Å². The molecule has 8 nitrogen and oxygen atoms in total. The fourth-order valence-electron chi connectivity index (χ4n) is 1.42. The lowest BCUT2D eigenvalue weighted by Gasteiger charge is -2.19. The van der Waals surface area contributed by atoms with E-state index in [-0.39, 0.29) is 10.5 Å². The van der Waals surface area contributed by atoms with E-state index < -0.39 is 34.9 Å². The van der Waals surface area contributed by atoms with Crippen molar-refractivity contribution >= 4 is 21.8 Å².